The van der Waals surface area contributed by atoms with Crippen LogP contribution < -0.4 is 5.32 Å². The van der Waals surface area contributed by atoms with Crippen molar-refractivity contribution in [1.82, 2.24) is 10.2 Å². The molecule has 0 bridgehead atoms. The van der Waals surface area contributed by atoms with E-state index in [1.165, 1.54) is 18.2 Å². The topological polar surface area (TPSA) is 49.4 Å². The molecule has 0 radical (unpaired) electrons. The molecule has 0 aliphatic carbocycles. The number of rotatable bonds is 1. The van der Waals surface area contributed by atoms with E-state index in [2.05, 4.69) is 5.32 Å². The van der Waals surface area contributed by atoms with Crippen molar-refractivity contribution in [3.05, 3.63) is 35.6 Å². The average molecular weight is 262 g/mol. The van der Waals surface area contributed by atoms with Crippen LogP contribution in [0.1, 0.15) is 23.2 Å². The molecule has 1 spiro atoms. The van der Waals surface area contributed by atoms with Crippen LogP contribution in [0.15, 0.2) is 24.3 Å². The first-order valence-corrected chi connectivity index (χ1v) is 6.40. The van der Waals surface area contributed by atoms with Gasteiger partial charge in [-0.05, 0) is 24.6 Å². The molecule has 0 aromatic heterocycles. The van der Waals surface area contributed by atoms with Gasteiger partial charge in [0.2, 0.25) is 5.91 Å². The van der Waals surface area contributed by atoms with Gasteiger partial charge in [-0.15, -0.1) is 0 Å². The molecule has 1 atom stereocenters. The maximum absolute atomic E-state index is 13.1. The van der Waals surface area contributed by atoms with Crippen LogP contribution in [0.3, 0.4) is 0 Å². The summed E-state index contributed by atoms with van der Waals surface area (Å²) < 4.78 is 13.1. The summed E-state index contributed by atoms with van der Waals surface area (Å²) in [6, 6.07) is 5.73. The minimum atomic E-state index is -0.405. The van der Waals surface area contributed by atoms with Crippen LogP contribution in [-0.2, 0) is 4.79 Å². The second-order valence-corrected chi connectivity index (χ2v) is 5.44. The zero-order valence-electron chi connectivity index (χ0n) is 10.5. The smallest absolute Gasteiger partial charge is 0.253 e. The molecule has 1 N–H and O–H groups in total. The summed E-state index contributed by atoms with van der Waals surface area (Å²) in [6.45, 7) is 1.84. The maximum Gasteiger partial charge on any atom is 0.253 e. The van der Waals surface area contributed by atoms with Crippen LogP contribution >= 0.6 is 0 Å². The number of nitrogens with one attached hydrogen (secondary N) is 1. The lowest BCUT2D eigenvalue weighted by molar-refractivity contribution is -0.119. The number of carbonyl (C=O) groups excluding carboxylic acids is 2. The Morgan fingerprint density at radius 3 is 2.95 bits per heavy atom. The van der Waals surface area contributed by atoms with Gasteiger partial charge in [-0.25, -0.2) is 4.39 Å². The number of halogens is 1. The minimum absolute atomic E-state index is 0.0556. The molecule has 4 nitrogen and oxygen atoms in total. The normalized spacial score (nSPS) is 25.9. The van der Waals surface area contributed by atoms with E-state index in [0.29, 0.717) is 31.6 Å². The number of carbonyl (C=O) groups is 2. The molecule has 5 heteroatoms. The van der Waals surface area contributed by atoms with Crippen molar-refractivity contribution in [1.29, 1.82) is 0 Å². The number of nitrogens with zero attached hydrogens (tertiary/aromatic N) is 1. The summed E-state index contributed by atoms with van der Waals surface area (Å²) in [7, 11) is 0. The van der Waals surface area contributed by atoms with Crippen molar-refractivity contribution in [2.75, 3.05) is 19.6 Å². The highest BCUT2D eigenvalue weighted by Gasteiger charge is 2.45. The molecule has 1 unspecified atom stereocenters. The summed E-state index contributed by atoms with van der Waals surface area (Å²) in [5.74, 6) is -0.506. The Morgan fingerprint density at radius 2 is 2.26 bits per heavy atom. The van der Waals surface area contributed by atoms with Crippen molar-refractivity contribution < 1.29 is 14.0 Å². The summed E-state index contributed by atoms with van der Waals surface area (Å²) >= 11 is 0. The van der Waals surface area contributed by atoms with Gasteiger partial charge in [0.05, 0.1) is 0 Å². The van der Waals surface area contributed by atoms with Crippen LogP contribution in [0.5, 0.6) is 0 Å². The molecule has 0 saturated carbocycles. The molecule has 2 saturated heterocycles. The van der Waals surface area contributed by atoms with E-state index in [1.54, 1.807) is 11.0 Å². The lowest BCUT2D eigenvalue weighted by Crippen LogP contribution is -2.33. The summed E-state index contributed by atoms with van der Waals surface area (Å²) in [5.41, 5.74) is 0.259. The zero-order valence-corrected chi connectivity index (χ0v) is 10.5. The molecule has 2 aliphatic heterocycles. The van der Waals surface area contributed by atoms with E-state index in [9.17, 15) is 14.0 Å². The fourth-order valence-electron chi connectivity index (χ4n) is 2.95. The predicted octanol–water partition coefficient (Wildman–Crippen LogP) is 1.18. The fourth-order valence-corrected chi connectivity index (χ4v) is 2.95. The van der Waals surface area contributed by atoms with Gasteiger partial charge in [-0.3, -0.25) is 9.59 Å². The van der Waals surface area contributed by atoms with Gasteiger partial charge >= 0.3 is 0 Å². The third-order valence-corrected chi connectivity index (χ3v) is 3.99. The van der Waals surface area contributed by atoms with Crippen LogP contribution in [0.25, 0.3) is 0 Å². The van der Waals surface area contributed by atoms with Crippen molar-refractivity contribution in [3.8, 4) is 0 Å². The third-order valence-electron chi connectivity index (χ3n) is 3.99. The van der Waals surface area contributed by atoms with Crippen LogP contribution in [0.4, 0.5) is 4.39 Å². The van der Waals surface area contributed by atoms with E-state index < -0.39 is 5.82 Å². The second-order valence-electron chi connectivity index (χ2n) is 5.44. The zero-order chi connectivity index (χ0) is 13.5. The third kappa shape index (κ3) is 2.20. The molecule has 1 aromatic carbocycles. The first-order chi connectivity index (χ1) is 9.08. The van der Waals surface area contributed by atoms with Gasteiger partial charge in [0.25, 0.3) is 5.91 Å². The molecule has 3 rings (SSSR count). The molecule has 100 valence electrons. The molecule has 2 fully saturated rings. The predicted molar refractivity (Wildman–Crippen MR) is 67.0 cm³/mol. The standard InChI is InChI=1S/C14H15FN2O2/c15-11-3-1-2-10(6-11)13(19)17-5-4-14(9-17)7-12(18)16-8-14/h1-3,6H,4-5,7-9H2,(H,16,18). The highest BCUT2D eigenvalue weighted by atomic mass is 19.1. The van der Waals surface area contributed by atoms with Crippen LogP contribution in [0, 0.1) is 11.2 Å². The van der Waals surface area contributed by atoms with Crippen LogP contribution in [-0.4, -0.2) is 36.3 Å². The molecular weight excluding hydrogens is 247 g/mol. The summed E-state index contributed by atoms with van der Waals surface area (Å²) in [4.78, 5) is 25.3. The first-order valence-electron chi connectivity index (χ1n) is 6.40. The monoisotopic (exact) mass is 262 g/mol. The Kier molecular flexibility index (Phi) is 2.77. The number of benzene rings is 1. The average Bonchev–Trinajstić information content (AvgIpc) is 2.96. The SMILES string of the molecule is O=C1CC2(CCN(C(=O)c3cccc(F)c3)C2)CN1. The van der Waals surface area contributed by atoms with Gasteiger partial charge in [0, 0.05) is 37.0 Å². The highest BCUT2D eigenvalue weighted by Crippen LogP contribution is 2.37. The maximum atomic E-state index is 13.1. The summed E-state index contributed by atoms with van der Waals surface area (Å²) in [5, 5.41) is 2.82. The number of likely N-dealkylation sites (tertiary alicyclic amines) is 1. The van der Waals surface area contributed by atoms with Crippen LogP contribution in [0.2, 0.25) is 0 Å². The second kappa shape index (κ2) is 4.33. The van der Waals surface area contributed by atoms with Gasteiger partial charge in [0.1, 0.15) is 5.82 Å². The first kappa shape index (κ1) is 12.1. The summed E-state index contributed by atoms with van der Waals surface area (Å²) in [6.07, 6.45) is 1.31. The van der Waals surface area contributed by atoms with E-state index in [1.807, 2.05) is 0 Å². The molecule has 2 heterocycles. The van der Waals surface area contributed by atoms with Crippen molar-refractivity contribution in [2.45, 2.75) is 12.8 Å². The fraction of sp³-hybridized carbons (Fsp3) is 0.429. The quantitative estimate of drug-likeness (QED) is 0.826. The van der Waals surface area contributed by atoms with E-state index in [4.69, 9.17) is 0 Å². The van der Waals surface area contributed by atoms with Gasteiger partial charge in [-0.2, -0.15) is 0 Å². The Hall–Kier alpha value is -1.91. The number of amides is 2. The van der Waals surface area contributed by atoms with Gasteiger partial charge < -0.3 is 10.2 Å². The molecule has 2 aliphatic rings. The lowest BCUT2D eigenvalue weighted by Gasteiger charge is -2.21. The van der Waals surface area contributed by atoms with Gasteiger partial charge in [-0.1, -0.05) is 6.07 Å². The van der Waals surface area contributed by atoms with Crippen molar-refractivity contribution in [2.24, 2.45) is 5.41 Å². The van der Waals surface area contributed by atoms with Gasteiger partial charge in [0.15, 0.2) is 0 Å². The lowest BCUT2D eigenvalue weighted by atomic mass is 9.86. The minimum Gasteiger partial charge on any atom is -0.355 e. The Morgan fingerprint density at radius 1 is 1.42 bits per heavy atom. The van der Waals surface area contributed by atoms with Crippen molar-refractivity contribution in [3.63, 3.8) is 0 Å². The molecular formula is C14H15FN2O2. The highest BCUT2D eigenvalue weighted by molar-refractivity contribution is 5.94. The Bertz CT molecular complexity index is 546. The Balaban J connectivity index is 1.74. The number of hydrogen-bond acceptors (Lipinski definition) is 2. The van der Waals surface area contributed by atoms with E-state index >= 15 is 0 Å². The largest absolute Gasteiger partial charge is 0.355 e. The molecule has 19 heavy (non-hydrogen) atoms. The van der Waals surface area contributed by atoms with E-state index in [0.717, 1.165) is 6.42 Å². The number of hydrogen-bond donors (Lipinski definition) is 1. The van der Waals surface area contributed by atoms with E-state index in [-0.39, 0.29) is 17.2 Å². The molecule has 1 aromatic rings. The molecule has 2 amide bonds. The Labute approximate surface area is 110 Å². The van der Waals surface area contributed by atoms with Crippen molar-refractivity contribution >= 4 is 11.8 Å².